The van der Waals surface area contributed by atoms with Crippen LogP contribution in [-0.2, 0) is 27.4 Å². The van der Waals surface area contributed by atoms with Crippen molar-refractivity contribution in [1.29, 1.82) is 0 Å². The van der Waals surface area contributed by atoms with Crippen LogP contribution in [0.3, 0.4) is 0 Å². The molecule has 0 radical (unpaired) electrons. The third kappa shape index (κ3) is 4.02. The molecule has 132 valence electrons. The van der Waals surface area contributed by atoms with E-state index in [0.29, 0.717) is 18.5 Å². The standard InChI is InChI=1S/C19H18N4O3/c20-22-21-16-11-10-15-8-4-5-9-17(15)23(19(16)25)12-18(24)26-13-14-6-2-1-3-7-14/h1-9,16H,10-13H2. The highest BCUT2D eigenvalue weighted by atomic mass is 16.5. The van der Waals surface area contributed by atoms with Crippen LogP contribution in [0, 0.1) is 0 Å². The summed E-state index contributed by atoms with van der Waals surface area (Å²) in [5.74, 6) is -0.900. The lowest BCUT2D eigenvalue weighted by molar-refractivity contribution is -0.144. The van der Waals surface area contributed by atoms with Crippen molar-refractivity contribution in [3.63, 3.8) is 0 Å². The van der Waals surface area contributed by atoms with E-state index in [2.05, 4.69) is 10.0 Å². The number of carbonyl (C=O) groups is 2. The summed E-state index contributed by atoms with van der Waals surface area (Å²) in [6.07, 6.45) is 1.01. The maximum Gasteiger partial charge on any atom is 0.326 e. The van der Waals surface area contributed by atoms with Crippen LogP contribution in [0.1, 0.15) is 17.5 Å². The summed E-state index contributed by atoms with van der Waals surface area (Å²) in [6.45, 7) is -0.0801. The zero-order valence-electron chi connectivity index (χ0n) is 14.1. The van der Waals surface area contributed by atoms with Crippen LogP contribution in [0.25, 0.3) is 10.4 Å². The summed E-state index contributed by atoms with van der Waals surface area (Å²) in [5, 5.41) is 3.60. The van der Waals surface area contributed by atoms with Gasteiger partial charge in [-0.3, -0.25) is 9.59 Å². The number of fused-ring (bicyclic) bond motifs is 1. The Balaban J connectivity index is 1.77. The van der Waals surface area contributed by atoms with Gasteiger partial charge in [0.25, 0.3) is 0 Å². The fourth-order valence-corrected chi connectivity index (χ4v) is 2.95. The highest BCUT2D eigenvalue weighted by Gasteiger charge is 2.31. The molecule has 0 spiro atoms. The average Bonchev–Trinajstić information content (AvgIpc) is 2.80. The van der Waals surface area contributed by atoms with Crippen molar-refractivity contribution in [2.24, 2.45) is 5.11 Å². The Morgan fingerprint density at radius 3 is 2.69 bits per heavy atom. The minimum absolute atomic E-state index is 0.142. The number of benzene rings is 2. The van der Waals surface area contributed by atoms with E-state index in [1.807, 2.05) is 48.5 Å². The predicted molar refractivity (Wildman–Crippen MR) is 96.3 cm³/mol. The minimum atomic E-state index is -0.825. The van der Waals surface area contributed by atoms with Crippen molar-refractivity contribution in [3.8, 4) is 0 Å². The molecule has 2 aromatic rings. The molecule has 0 aliphatic carbocycles. The van der Waals surface area contributed by atoms with Crippen molar-refractivity contribution in [1.82, 2.24) is 0 Å². The highest BCUT2D eigenvalue weighted by molar-refractivity contribution is 6.02. The molecule has 1 unspecified atom stereocenters. The number of azide groups is 1. The van der Waals surface area contributed by atoms with E-state index in [4.69, 9.17) is 10.3 Å². The van der Waals surface area contributed by atoms with Gasteiger partial charge in [0.2, 0.25) is 5.91 Å². The van der Waals surface area contributed by atoms with Crippen molar-refractivity contribution < 1.29 is 14.3 Å². The molecule has 1 atom stereocenters. The molecule has 1 aliphatic heterocycles. The number of anilines is 1. The van der Waals surface area contributed by atoms with Crippen LogP contribution >= 0.6 is 0 Å². The van der Waals surface area contributed by atoms with Crippen LogP contribution in [0.5, 0.6) is 0 Å². The number of hydrogen-bond donors (Lipinski definition) is 0. The van der Waals surface area contributed by atoms with E-state index in [-0.39, 0.29) is 19.1 Å². The average molecular weight is 350 g/mol. The lowest BCUT2D eigenvalue weighted by Gasteiger charge is -2.23. The third-order valence-electron chi connectivity index (χ3n) is 4.24. The van der Waals surface area contributed by atoms with Gasteiger partial charge in [-0.15, -0.1) is 0 Å². The van der Waals surface area contributed by atoms with Crippen LogP contribution in [-0.4, -0.2) is 24.5 Å². The molecule has 2 aromatic carbocycles. The predicted octanol–water partition coefficient (Wildman–Crippen LogP) is 3.39. The van der Waals surface area contributed by atoms with E-state index in [1.54, 1.807) is 6.07 Å². The quantitative estimate of drug-likeness (QED) is 0.358. The van der Waals surface area contributed by atoms with Crippen LogP contribution < -0.4 is 4.90 Å². The van der Waals surface area contributed by atoms with Crippen LogP contribution in [0.2, 0.25) is 0 Å². The number of carbonyl (C=O) groups excluding carboxylic acids is 2. The van der Waals surface area contributed by atoms with Gasteiger partial charge in [-0.05, 0) is 35.6 Å². The van der Waals surface area contributed by atoms with Gasteiger partial charge in [-0.1, -0.05) is 53.6 Å². The van der Waals surface area contributed by atoms with Crippen LogP contribution in [0.4, 0.5) is 5.69 Å². The van der Waals surface area contributed by atoms with Gasteiger partial charge in [-0.25, -0.2) is 0 Å². The SMILES string of the molecule is [N-]=[N+]=NC1CCc2ccccc2N(CC(=O)OCc2ccccc2)C1=O. The second-order valence-corrected chi connectivity index (χ2v) is 5.96. The first-order chi connectivity index (χ1) is 12.7. The maximum absolute atomic E-state index is 12.8. The summed E-state index contributed by atoms with van der Waals surface area (Å²) in [4.78, 5) is 29.2. The van der Waals surface area contributed by atoms with E-state index in [0.717, 1.165) is 11.1 Å². The molecule has 0 fully saturated rings. The number of esters is 1. The number of hydrogen-bond acceptors (Lipinski definition) is 4. The van der Waals surface area contributed by atoms with Gasteiger partial charge in [0.15, 0.2) is 0 Å². The molecule has 0 N–H and O–H groups in total. The number of amides is 1. The van der Waals surface area contributed by atoms with Gasteiger partial charge < -0.3 is 9.64 Å². The van der Waals surface area contributed by atoms with Crippen molar-refractivity contribution >= 4 is 17.6 Å². The first-order valence-corrected chi connectivity index (χ1v) is 8.32. The van der Waals surface area contributed by atoms with Gasteiger partial charge in [0, 0.05) is 10.6 Å². The molecular weight excluding hydrogens is 332 g/mol. The number of aryl methyl sites for hydroxylation is 1. The lowest BCUT2D eigenvalue weighted by Crippen LogP contribution is -2.41. The zero-order chi connectivity index (χ0) is 18.4. The Kier molecular flexibility index (Phi) is 5.51. The van der Waals surface area contributed by atoms with E-state index in [1.165, 1.54) is 4.90 Å². The lowest BCUT2D eigenvalue weighted by atomic mass is 10.1. The Hall–Kier alpha value is -3.31. The number of nitrogens with zero attached hydrogens (tertiary/aromatic N) is 4. The summed E-state index contributed by atoms with van der Waals surface area (Å²) in [6, 6.07) is 15.9. The molecule has 0 saturated carbocycles. The largest absolute Gasteiger partial charge is 0.459 e. The Labute approximate surface area is 150 Å². The van der Waals surface area contributed by atoms with E-state index in [9.17, 15) is 9.59 Å². The zero-order valence-corrected chi connectivity index (χ0v) is 14.1. The monoisotopic (exact) mass is 350 g/mol. The number of ether oxygens (including phenoxy) is 1. The topological polar surface area (TPSA) is 95.4 Å². The molecule has 1 amide bonds. The van der Waals surface area contributed by atoms with Crippen molar-refractivity contribution in [2.45, 2.75) is 25.5 Å². The fraction of sp³-hybridized carbons (Fsp3) is 0.263. The number of para-hydroxylation sites is 1. The molecule has 1 aliphatic rings. The third-order valence-corrected chi connectivity index (χ3v) is 4.24. The van der Waals surface area contributed by atoms with Crippen LogP contribution in [0.15, 0.2) is 59.7 Å². The van der Waals surface area contributed by atoms with E-state index < -0.39 is 12.0 Å². The van der Waals surface area contributed by atoms with Gasteiger partial charge >= 0.3 is 5.97 Å². The summed E-state index contributed by atoms with van der Waals surface area (Å²) in [5.41, 5.74) is 11.2. The molecule has 7 nitrogen and oxygen atoms in total. The summed E-state index contributed by atoms with van der Waals surface area (Å²) < 4.78 is 5.29. The van der Waals surface area contributed by atoms with Crippen molar-refractivity contribution in [2.75, 3.05) is 11.4 Å². The molecule has 3 rings (SSSR count). The van der Waals surface area contributed by atoms with Gasteiger partial charge in [-0.2, -0.15) is 0 Å². The molecular formula is C19H18N4O3. The second kappa shape index (κ2) is 8.18. The molecule has 26 heavy (non-hydrogen) atoms. The minimum Gasteiger partial charge on any atom is -0.459 e. The first-order valence-electron chi connectivity index (χ1n) is 8.32. The van der Waals surface area contributed by atoms with Crippen molar-refractivity contribution in [3.05, 3.63) is 76.2 Å². The molecule has 1 heterocycles. The normalized spacial score (nSPS) is 16.2. The molecule has 0 saturated heterocycles. The Bertz CT molecular complexity index is 847. The number of rotatable bonds is 5. The molecule has 7 heteroatoms. The Morgan fingerprint density at radius 2 is 1.92 bits per heavy atom. The smallest absolute Gasteiger partial charge is 0.326 e. The second-order valence-electron chi connectivity index (χ2n) is 5.96. The Morgan fingerprint density at radius 1 is 1.19 bits per heavy atom. The van der Waals surface area contributed by atoms with Gasteiger partial charge in [0.1, 0.15) is 19.2 Å². The fourth-order valence-electron chi connectivity index (χ4n) is 2.95. The summed E-state index contributed by atoms with van der Waals surface area (Å²) in [7, 11) is 0. The van der Waals surface area contributed by atoms with E-state index >= 15 is 0 Å². The summed E-state index contributed by atoms with van der Waals surface area (Å²) >= 11 is 0. The first kappa shape index (κ1) is 17.5. The van der Waals surface area contributed by atoms with Gasteiger partial charge in [0.05, 0.1) is 0 Å². The molecule has 0 aromatic heterocycles. The highest BCUT2D eigenvalue weighted by Crippen LogP contribution is 2.28. The molecule has 0 bridgehead atoms. The maximum atomic E-state index is 12.8.